The SMILES string of the molecule is O=C(Cn1ccc(=O)[nH]c1=O)NCc1coc(-c2ccccc2)n1. The van der Waals surface area contributed by atoms with Gasteiger partial charge in [-0.15, -0.1) is 0 Å². The van der Waals surface area contributed by atoms with Crippen molar-refractivity contribution in [2.24, 2.45) is 0 Å². The Morgan fingerprint density at radius 2 is 2.00 bits per heavy atom. The summed E-state index contributed by atoms with van der Waals surface area (Å²) in [6.45, 7) is -0.0215. The van der Waals surface area contributed by atoms with Crippen LogP contribution in [-0.4, -0.2) is 20.4 Å². The highest BCUT2D eigenvalue weighted by Crippen LogP contribution is 2.17. The molecule has 0 bridgehead atoms. The van der Waals surface area contributed by atoms with Crippen LogP contribution in [0, 0.1) is 0 Å². The number of aromatic amines is 1. The van der Waals surface area contributed by atoms with Crippen molar-refractivity contribution in [2.75, 3.05) is 0 Å². The first kappa shape index (κ1) is 15.5. The lowest BCUT2D eigenvalue weighted by molar-refractivity contribution is -0.121. The molecule has 2 aromatic heterocycles. The molecular weight excluding hydrogens is 312 g/mol. The Morgan fingerprint density at radius 1 is 1.21 bits per heavy atom. The Labute approximate surface area is 135 Å². The molecule has 0 saturated carbocycles. The molecule has 0 aliphatic heterocycles. The normalized spacial score (nSPS) is 10.5. The Balaban J connectivity index is 1.60. The molecule has 3 aromatic rings. The molecule has 0 radical (unpaired) electrons. The number of aromatic nitrogens is 3. The van der Waals surface area contributed by atoms with Crippen molar-refractivity contribution in [3.63, 3.8) is 0 Å². The minimum atomic E-state index is -0.634. The maximum atomic E-state index is 11.9. The van der Waals surface area contributed by atoms with Gasteiger partial charge in [0.1, 0.15) is 12.8 Å². The van der Waals surface area contributed by atoms with Gasteiger partial charge in [0.25, 0.3) is 5.56 Å². The maximum absolute atomic E-state index is 11.9. The molecule has 0 atom stereocenters. The number of amides is 1. The third-order valence-electron chi connectivity index (χ3n) is 3.25. The fourth-order valence-electron chi connectivity index (χ4n) is 2.07. The summed E-state index contributed by atoms with van der Waals surface area (Å²) in [5.41, 5.74) is 0.268. The van der Waals surface area contributed by atoms with E-state index in [-0.39, 0.29) is 19.0 Å². The molecule has 3 rings (SSSR count). The van der Waals surface area contributed by atoms with Crippen LogP contribution in [0.1, 0.15) is 5.69 Å². The topological polar surface area (TPSA) is 110 Å². The predicted octanol–water partition coefficient (Wildman–Crippen LogP) is 0.508. The van der Waals surface area contributed by atoms with Crippen molar-refractivity contribution in [1.82, 2.24) is 19.9 Å². The molecule has 0 unspecified atom stereocenters. The summed E-state index contributed by atoms with van der Waals surface area (Å²) in [5, 5.41) is 2.64. The van der Waals surface area contributed by atoms with E-state index in [2.05, 4.69) is 15.3 Å². The molecule has 0 saturated heterocycles. The average molecular weight is 326 g/mol. The van der Waals surface area contributed by atoms with E-state index in [0.717, 1.165) is 10.1 Å². The Kier molecular flexibility index (Phi) is 4.37. The quantitative estimate of drug-likeness (QED) is 0.710. The third kappa shape index (κ3) is 3.67. The monoisotopic (exact) mass is 326 g/mol. The van der Waals surface area contributed by atoms with E-state index in [0.29, 0.717) is 11.6 Å². The zero-order valence-electron chi connectivity index (χ0n) is 12.6. The van der Waals surface area contributed by atoms with Gasteiger partial charge in [-0.3, -0.25) is 19.1 Å². The number of hydrogen-bond donors (Lipinski definition) is 2. The van der Waals surface area contributed by atoms with Crippen molar-refractivity contribution in [3.05, 3.63) is 75.4 Å². The van der Waals surface area contributed by atoms with E-state index in [9.17, 15) is 14.4 Å². The summed E-state index contributed by atoms with van der Waals surface area (Å²) in [4.78, 5) is 40.7. The van der Waals surface area contributed by atoms with E-state index in [1.807, 2.05) is 30.3 Å². The second-order valence-corrected chi connectivity index (χ2v) is 5.02. The number of nitrogens with one attached hydrogen (secondary N) is 2. The van der Waals surface area contributed by atoms with Crippen LogP contribution in [0.2, 0.25) is 0 Å². The molecule has 8 nitrogen and oxygen atoms in total. The zero-order chi connectivity index (χ0) is 16.9. The number of carbonyl (C=O) groups is 1. The largest absolute Gasteiger partial charge is 0.444 e. The smallest absolute Gasteiger partial charge is 0.328 e. The van der Waals surface area contributed by atoms with Crippen molar-refractivity contribution in [1.29, 1.82) is 0 Å². The molecule has 2 heterocycles. The molecular formula is C16H14N4O4. The fourth-order valence-corrected chi connectivity index (χ4v) is 2.07. The molecule has 0 aliphatic rings. The van der Waals surface area contributed by atoms with Crippen molar-refractivity contribution < 1.29 is 9.21 Å². The number of nitrogens with zero attached hydrogens (tertiary/aromatic N) is 2. The molecule has 24 heavy (non-hydrogen) atoms. The van der Waals surface area contributed by atoms with Crippen LogP contribution < -0.4 is 16.6 Å². The first-order valence-electron chi connectivity index (χ1n) is 7.18. The number of benzene rings is 1. The van der Waals surface area contributed by atoms with Crippen LogP contribution in [0.5, 0.6) is 0 Å². The standard InChI is InChI=1S/C16H14N4O4/c21-13-6-7-20(16(23)19-13)9-14(22)17-8-12-10-24-15(18-12)11-4-2-1-3-5-11/h1-7,10H,8-9H2,(H,17,22)(H,19,21,23). The van der Waals surface area contributed by atoms with Crippen LogP contribution in [0.15, 0.2) is 62.9 Å². The number of H-pyrrole nitrogens is 1. The zero-order valence-corrected chi connectivity index (χ0v) is 12.6. The Morgan fingerprint density at radius 3 is 2.75 bits per heavy atom. The van der Waals surface area contributed by atoms with Crippen molar-refractivity contribution in [2.45, 2.75) is 13.1 Å². The maximum Gasteiger partial charge on any atom is 0.328 e. The van der Waals surface area contributed by atoms with Gasteiger partial charge in [0, 0.05) is 17.8 Å². The first-order chi connectivity index (χ1) is 11.6. The van der Waals surface area contributed by atoms with E-state index in [1.165, 1.54) is 18.5 Å². The van der Waals surface area contributed by atoms with Crippen LogP contribution in [0.4, 0.5) is 0 Å². The molecule has 0 aliphatic carbocycles. The molecule has 0 spiro atoms. The second-order valence-electron chi connectivity index (χ2n) is 5.02. The Bertz CT molecular complexity index is 956. The van der Waals surface area contributed by atoms with Gasteiger partial charge in [-0.1, -0.05) is 18.2 Å². The second kappa shape index (κ2) is 6.78. The van der Waals surface area contributed by atoms with Crippen LogP contribution in [0.3, 0.4) is 0 Å². The van der Waals surface area contributed by atoms with Gasteiger partial charge in [-0.05, 0) is 12.1 Å². The van der Waals surface area contributed by atoms with Gasteiger partial charge in [0.05, 0.1) is 12.2 Å². The summed E-state index contributed by atoms with van der Waals surface area (Å²) in [6.07, 6.45) is 2.74. The molecule has 1 aromatic carbocycles. The lowest BCUT2D eigenvalue weighted by atomic mass is 10.2. The van der Waals surface area contributed by atoms with Gasteiger partial charge in [0.15, 0.2) is 0 Å². The number of hydrogen-bond acceptors (Lipinski definition) is 5. The van der Waals surface area contributed by atoms with Gasteiger partial charge in [0.2, 0.25) is 11.8 Å². The summed E-state index contributed by atoms with van der Waals surface area (Å²) in [7, 11) is 0. The summed E-state index contributed by atoms with van der Waals surface area (Å²) >= 11 is 0. The van der Waals surface area contributed by atoms with Crippen LogP contribution >= 0.6 is 0 Å². The van der Waals surface area contributed by atoms with Gasteiger partial charge in [-0.2, -0.15) is 0 Å². The lowest BCUT2D eigenvalue weighted by Crippen LogP contribution is -2.35. The molecule has 8 heteroatoms. The average Bonchev–Trinajstić information content (AvgIpc) is 3.05. The van der Waals surface area contributed by atoms with E-state index >= 15 is 0 Å². The Hall–Kier alpha value is -3.42. The van der Waals surface area contributed by atoms with Crippen LogP contribution in [-0.2, 0) is 17.9 Å². The van der Waals surface area contributed by atoms with Crippen LogP contribution in [0.25, 0.3) is 11.5 Å². The highest BCUT2D eigenvalue weighted by molar-refractivity contribution is 5.75. The fraction of sp³-hybridized carbons (Fsp3) is 0.125. The number of rotatable bonds is 5. The molecule has 0 fully saturated rings. The molecule has 1 amide bonds. The van der Waals surface area contributed by atoms with Crippen molar-refractivity contribution in [3.8, 4) is 11.5 Å². The predicted molar refractivity (Wildman–Crippen MR) is 85.1 cm³/mol. The van der Waals surface area contributed by atoms with E-state index in [1.54, 1.807) is 0 Å². The summed E-state index contributed by atoms with van der Waals surface area (Å²) in [6, 6.07) is 10.6. The van der Waals surface area contributed by atoms with Gasteiger partial charge in [-0.25, -0.2) is 9.78 Å². The van der Waals surface area contributed by atoms with Gasteiger partial charge < -0.3 is 9.73 Å². The minimum absolute atomic E-state index is 0.174. The lowest BCUT2D eigenvalue weighted by Gasteiger charge is -2.05. The minimum Gasteiger partial charge on any atom is -0.444 e. The first-order valence-corrected chi connectivity index (χ1v) is 7.18. The van der Waals surface area contributed by atoms with Crippen molar-refractivity contribution >= 4 is 5.91 Å². The highest BCUT2D eigenvalue weighted by Gasteiger charge is 2.09. The van der Waals surface area contributed by atoms with Gasteiger partial charge >= 0.3 is 5.69 Å². The molecule has 122 valence electrons. The number of carbonyl (C=O) groups excluding carboxylic acids is 1. The summed E-state index contributed by atoms with van der Waals surface area (Å²) < 4.78 is 6.48. The molecule has 2 N–H and O–H groups in total. The number of oxazole rings is 1. The van der Waals surface area contributed by atoms with E-state index in [4.69, 9.17) is 4.42 Å². The highest BCUT2D eigenvalue weighted by atomic mass is 16.3. The third-order valence-corrected chi connectivity index (χ3v) is 3.25. The summed E-state index contributed by atoms with van der Waals surface area (Å²) in [5.74, 6) is 0.0881. The van der Waals surface area contributed by atoms with E-state index < -0.39 is 11.2 Å².